The van der Waals surface area contributed by atoms with Gasteiger partial charge in [0, 0.05) is 11.4 Å². The molecule has 0 saturated heterocycles. The van der Waals surface area contributed by atoms with Gasteiger partial charge in [-0.25, -0.2) is 8.42 Å². The minimum Gasteiger partial charge on any atom is -0.366 e. The first-order chi connectivity index (χ1) is 8.75. The molecule has 0 heterocycles. The molecule has 0 saturated carbocycles. The number of alkyl halides is 1. The largest absolute Gasteiger partial charge is 0.366 e. The van der Waals surface area contributed by atoms with E-state index in [2.05, 4.69) is 4.72 Å². The fraction of sp³-hybridized carbons (Fsp3) is 0.364. The lowest BCUT2D eigenvalue weighted by Crippen LogP contribution is -2.22. The number of anilines is 1. The van der Waals surface area contributed by atoms with Gasteiger partial charge in [-0.2, -0.15) is 0 Å². The highest BCUT2D eigenvalue weighted by Gasteiger charge is 2.17. The summed E-state index contributed by atoms with van der Waals surface area (Å²) in [5, 5.41) is 0.187. The van der Waals surface area contributed by atoms with Crippen LogP contribution in [0.1, 0.15) is 17.3 Å². The van der Waals surface area contributed by atoms with Crippen LogP contribution in [0.5, 0.6) is 0 Å². The second-order valence-corrected chi connectivity index (χ2v) is 6.68. The molecular formula is C11H14Cl2N2O3S. The van der Waals surface area contributed by atoms with Gasteiger partial charge in [-0.05, 0) is 24.1 Å². The van der Waals surface area contributed by atoms with Crippen molar-refractivity contribution < 1.29 is 13.2 Å². The molecular weight excluding hydrogens is 311 g/mol. The Kier molecular flexibility index (Phi) is 5.46. The Morgan fingerprint density at radius 3 is 2.63 bits per heavy atom. The molecule has 8 heteroatoms. The third-order valence-corrected chi connectivity index (χ3v) is 4.68. The number of nitrogens with two attached hydrogens (primary N) is 1. The monoisotopic (exact) mass is 324 g/mol. The molecule has 106 valence electrons. The summed E-state index contributed by atoms with van der Waals surface area (Å²) in [5.41, 5.74) is 5.42. The number of primary amides is 1. The Morgan fingerprint density at radius 2 is 2.11 bits per heavy atom. The van der Waals surface area contributed by atoms with E-state index in [1.165, 1.54) is 18.2 Å². The van der Waals surface area contributed by atoms with Gasteiger partial charge in [0.25, 0.3) is 0 Å². The first-order valence-electron chi connectivity index (χ1n) is 5.41. The summed E-state index contributed by atoms with van der Waals surface area (Å²) < 4.78 is 26.0. The molecule has 19 heavy (non-hydrogen) atoms. The van der Waals surface area contributed by atoms with Crippen molar-refractivity contribution in [2.45, 2.75) is 6.92 Å². The molecule has 1 aromatic rings. The van der Waals surface area contributed by atoms with Crippen molar-refractivity contribution in [3.8, 4) is 0 Å². The van der Waals surface area contributed by atoms with Gasteiger partial charge in [0.15, 0.2) is 0 Å². The van der Waals surface area contributed by atoms with E-state index < -0.39 is 15.9 Å². The van der Waals surface area contributed by atoms with Crippen LogP contribution in [0.4, 0.5) is 5.69 Å². The maximum absolute atomic E-state index is 11.9. The zero-order chi connectivity index (χ0) is 14.6. The van der Waals surface area contributed by atoms with Crippen LogP contribution >= 0.6 is 23.2 Å². The molecule has 0 fully saturated rings. The van der Waals surface area contributed by atoms with E-state index in [-0.39, 0.29) is 33.8 Å². The molecule has 3 N–H and O–H groups in total. The predicted octanol–water partition coefficient (Wildman–Crippen LogP) is 2.06. The van der Waals surface area contributed by atoms with Crippen LogP contribution in [-0.2, 0) is 10.0 Å². The van der Waals surface area contributed by atoms with Crippen molar-refractivity contribution in [1.29, 1.82) is 0 Å². The van der Waals surface area contributed by atoms with Crippen molar-refractivity contribution in [2.75, 3.05) is 16.4 Å². The second kappa shape index (κ2) is 6.45. The van der Waals surface area contributed by atoms with Crippen molar-refractivity contribution in [2.24, 2.45) is 11.7 Å². The van der Waals surface area contributed by atoms with E-state index in [9.17, 15) is 13.2 Å². The highest BCUT2D eigenvalue weighted by Crippen LogP contribution is 2.24. The number of carbonyl (C=O) groups is 1. The van der Waals surface area contributed by atoms with Crippen molar-refractivity contribution in [3.05, 3.63) is 28.8 Å². The maximum atomic E-state index is 11.9. The molecule has 1 amide bonds. The molecule has 0 radical (unpaired) electrons. The Morgan fingerprint density at radius 1 is 1.47 bits per heavy atom. The normalized spacial score (nSPS) is 13.0. The van der Waals surface area contributed by atoms with Crippen LogP contribution in [0.15, 0.2) is 18.2 Å². The zero-order valence-electron chi connectivity index (χ0n) is 10.2. The minimum absolute atomic E-state index is 0.125. The summed E-state index contributed by atoms with van der Waals surface area (Å²) in [6.45, 7) is 1.72. The van der Waals surface area contributed by atoms with Crippen molar-refractivity contribution >= 4 is 44.8 Å². The van der Waals surface area contributed by atoms with E-state index in [0.29, 0.717) is 0 Å². The molecule has 1 rings (SSSR count). The molecule has 1 atom stereocenters. The van der Waals surface area contributed by atoms with Gasteiger partial charge in [-0.1, -0.05) is 18.5 Å². The van der Waals surface area contributed by atoms with E-state index >= 15 is 0 Å². The number of nitrogens with one attached hydrogen (secondary N) is 1. The maximum Gasteiger partial charge on any atom is 0.248 e. The molecule has 0 aliphatic carbocycles. The second-order valence-electron chi connectivity index (χ2n) is 4.20. The quantitative estimate of drug-likeness (QED) is 0.785. The third-order valence-electron chi connectivity index (χ3n) is 2.28. The van der Waals surface area contributed by atoms with Crippen molar-refractivity contribution in [1.82, 2.24) is 0 Å². The fourth-order valence-electron chi connectivity index (χ4n) is 1.39. The third kappa shape index (κ3) is 4.89. The number of benzene rings is 1. The van der Waals surface area contributed by atoms with Gasteiger partial charge < -0.3 is 5.73 Å². The Labute approximate surface area is 122 Å². The number of sulfonamides is 1. The summed E-state index contributed by atoms with van der Waals surface area (Å²) in [5.74, 6) is -0.757. The van der Waals surface area contributed by atoms with Gasteiger partial charge in [0.2, 0.25) is 15.9 Å². The first-order valence-corrected chi connectivity index (χ1v) is 7.97. The summed E-state index contributed by atoms with van der Waals surface area (Å²) in [4.78, 5) is 11.0. The number of carbonyl (C=O) groups excluding carboxylic acids is 1. The smallest absolute Gasteiger partial charge is 0.248 e. The number of hydrogen-bond acceptors (Lipinski definition) is 3. The SMILES string of the molecule is CC(CCl)CS(=O)(=O)Nc1cc(C(N)=O)ccc1Cl. The van der Waals surface area contributed by atoms with Crippen LogP contribution in [0.25, 0.3) is 0 Å². The number of amides is 1. The Bertz CT molecular complexity index is 575. The van der Waals surface area contributed by atoms with Gasteiger partial charge in [-0.15, -0.1) is 11.6 Å². The van der Waals surface area contributed by atoms with E-state index in [1.807, 2.05) is 0 Å². The van der Waals surface area contributed by atoms with E-state index in [1.54, 1.807) is 6.92 Å². The molecule has 0 aliphatic heterocycles. The molecule has 0 spiro atoms. The van der Waals surface area contributed by atoms with Crippen LogP contribution < -0.4 is 10.5 Å². The van der Waals surface area contributed by atoms with E-state index in [0.717, 1.165) is 0 Å². The predicted molar refractivity (Wildman–Crippen MR) is 77.3 cm³/mol. The molecule has 0 bridgehead atoms. The average Bonchev–Trinajstić information content (AvgIpc) is 2.30. The summed E-state index contributed by atoms with van der Waals surface area (Å²) in [6, 6.07) is 4.13. The van der Waals surface area contributed by atoms with Gasteiger partial charge in [0.1, 0.15) is 0 Å². The van der Waals surface area contributed by atoms with E-state index in [4.69, 9.17) is 28.9 Å². The molecule has 0 aliphatic rings. The van der Waals surface area contributed by atoms with Crippen LogP contribution in [0.2, 0.25) is 5.02 Å². The summed E-state index contributed by atoms with van der Waals surface area (Å²) in [7, 11) is -3.58. The minimum atomic E-state index is -3.58. The number of hydrogen-bond donors (Lipinski definition) is 2. The highest BCUT2D eigenvalue weighted by atomic mass is 35.5. The summed E-state index contributed by atoms with van der Waals surface area (Å²) >= 11 is 11.5. The first kappa shape index (κ1) is 16.1. The van der Waals surface area contributed by atoms with Gasteiger partial charge in [0.05, 0.1) is 16.5 Å². The lowest BCUT2D eigenvalue weighted by atomic mass is 10.2. The van der Waals surface area contributed by atoms with Crippen LogP contribution in [-0.4, -0.2) is 26.0 Å². The molecule has 1 unspecified atom stereocenters. The van der Waals surface area contributed by atoms with Crippen LogP contribution in [0, 0.1) is 5.92 Å². The topological polar surface area (TPSA) is 89.3 Å². The Balaban J connectivity index is 2.98. The van der Waals surface area contributed by atoms with Crippen molar-refractivity contribution in [3.63, 3.8) is 0 Å². The highest BCUT2D eigenvalue weighted by molar-refractivity contribution is 7.92. The zero-order valence-corrected chi connectivity index (χ0v) is 12.5. The Hall–Kier alpha value is -0.980. The number of rotatable bonds is 6. The lowest BCUT2D eigenvalue weighted by Gasteiger charge is -2.12. The van der Waals surface area contributed by atoms with Crippen LogP contribution in [0.3, 0.4) is 0 Å². The standard InChI is InChI=1S/C11H14Cl2N2O3S/c1-7(5-12)6-19(17,18)15-10-4-8(11(14)16)2-3-9(10)13/h2-4,7,15H,5-6H2,1H3,(H2,14,16). The molecule has 5 nitrogen and oxygen atoms in total. The molecule has 0 aromatic heterocycles. The molecule has 1 aromatic carbocycles. The average molecular weight is 325 g/mol. The number of halogens is 2. The lowest BCUT2D eigenvalue weighted by molar-refractivity contribution is 0.100. The van der Waals surface area contributed by atoms with Gasteiger partial charge in [-0.3, -0.25) is 9.52 Å². The van der Waals surface area contributed by atoms with Gasteiger partial charge >= 0.3 is 0 Å². The summed E-state index contributed by atoms with van der Waals surface area (Å²) in [6.07, 6.45) is 0. The fourth-order valence-corrected chi connectivity index (χ4v) is 3.30.